The largest absolute Gasteiger partial charge is 0.444 e. The molecule has 0 radical (unpaired) electrons. The molecule has 1 aliphatic heterocycles. The molecule has 0 aliphatic carbocycles. The first-order valence-electron chi connectivity index (χ1n) is 7.56. The average molecular weight is 286 g/mol. The lowest BCUT2D eigenvalue weighted by molar-refractivity contribution is -0.0119. The molecule has 0 aromatic rings. The first-order chi connectivity index (χ1) is 9.13. The molecule has 20 heavy (non-hydrogen) atoms. The van der Waals surface area contributed by atoms with E-state index < -0.39 is 11.2 Å². The maximum absolute atomic E-state index is 12.2. The molecule has 0 spiro atoms. The third kappa shape index (κ3) is 5.67. The summed E-state index contributed by atoms with van der Waals surface area (Å²) in [6, 6.07) is 0.0602. The Hall–Kier alpha value is -0.810. The van der Waals surface area contributed by atoms with E-state index in [0.717, 1.165) is 19.4 Å². The molecule has 1 heterocycles. The van der Waals surface area contributed by atoms with Gasteiger partial charge in [-0.25, -0.2) is 4.79 Å². The summed E-state index contributed by atoms with van der Waals surface area (Å²) in [6.07, 6.45) is 2.04. The molecule has 1 unspecified atom stereocenters. The number of piperidine rings is 1. The SMILES string of the molecule is CC(C)N(CCC1(O)CCCNC1)C(=O)OC(C)(C)C. The van der Waals surface area contributed by atoms with Crippen LogP contribution in [0.3, 0.4) is 0 Å². The van der Waals surface area contributed by atoms with E-state index in [0.29, 0.717) is 19.5 Å². The Balaban J connectivity index is 2.56. The smallest absolute Gasteiger partial charge is 0.410 e. The van der Waals surface area contributed by atoms with Crippen molar-refractivity contribution in [2.45, 2.75) is 71.1 Å². The molecule has 1 saturated heterocycles. The summed E-state index contributed by atoms with van der Waals surface area (Å²) in [6.45, 7) is 11.6. The van der Waals surface area contributed by atoms with Crippen LogP contribution in [0.25, 0.3) is 0 Å². The fourth-order valence-electron chi connectivity index (χ4n) is 2.37. The second-order valence-corrected chi connectivity index (χ2v) is 7.02. The van der Waals surface area contributed by atoms with Crippen LogP contribution in [0.2, 0.25) is 0 Å². The van der Waals surface area contributed by atoms with Crippen molar-refractivity contribution in [1.29, 1.82) is 0 Å². The highest BCUT2D eigenvalue weighted by Gasteiger charge is 2.31. The zero-order chi connectivity index (χ0) is 15.4. The number of nitrogens with one attached hydrogen (secondary N) is 1. The minimum atomic E-state index is -0.701. The summed E-state index contributed by atoms with van der Waals surface area (Å²) in [5.41, 5.74) is -1.19. The highest BCUT2D eigenvalue weighted by Crippen LogP contribution is 2.21. The quantitative estimate of drug-likeness (QED) is 0.831. The van der Waals surface area contributed by atoms with Gasteiger partial charge in [0.25, 0.3) is 0 Å². The van der Waals surface area contributed by atoms with Gasteiger partial charge in [0.05, 0.1) is 5.60 Å². The molecule has 1 amide bonds. The van der Waals surface area contributed by atoms with Crippen LogP contribution >= 0.6 is 0 Å². The number of amides is 1. The van der Waals surface area contributed by atoms with Crippen molar-refractivity contribution in [2.75, 3.05) is 19.6 Å². The van der Waals surface area contributed by atoms with Crippen LogP contribution in [0.5, 0.6) is 0 Å². The molecular weight excluding hydrogens is 256 g/mol. The van der Waals surface area contributed by atoms with Crippen molar-refractivity contribution in [3.05, 3.63) is 0 Å². The third-order valence-corrected chi connectivity index (χ3v) is 3.52. The number of hydrogen-bond donors (Lipinski definition) is 2. The second-order valence-electron chi connectivity index (χ2n) is 7.02. The third-order valence-electron chi connectivity index (χ3n) is 3.52. The van der Waals surface area contributed by atoms with Gasteiger partial charge in [0.15, 0.2) is 0 Å². The molecule has 1 aliphatic rings. The van der Waals surface area contributed by atoms with Crippen LogP contribution in [0.1, 0.15) is 53.9 Å². The zero-order valence-corrected chi connectivity index (χ0v) is 13.5. The van der Waals surface area contributed by atoms with Crippen LogP contribution in [0.15, 0.2) is 0 Å². The van der Waals surface area contributed by atoms with Gasteiger partial charge >= 0.3 is 6.09 Å². The van der Waals surface area contributed by atoms with Crippen molar-refractivity contribution >= 4 is 6.09 Å². The van der Waals surface area contributed by atoms with Gasteiger partial charge < -0.3 is 20.1 Å². The highest BCUT2D eigenvalue weighted by molar-refractivity contribution is 5.68. The molecule has 118 valence electrons. The molecule has 5 heteroatoms. The Morgan fingerprint density at radius 1 is 1.45 bits per heavy atom. The van der Waals surface area contributed by atoms with Gasteiger partial charge in [-0.15, -0.1) is 0 Å². The van der Waals surface area contributed by atoms with Crippen molar-refractivity contribution < 1.29 is 14.6 Å². The number of hydrogen-bond acceptors (Lipinski definition) is 4. The van der Waals surface area contributed by atoms with Gasteiger partial charge in [-0.3, -0.25) is 0 Å². The number of nitrogens with zero attached hydrogens (tertiary/aromatic N) is 1. The van der Waals surface area contributed by atoms with Crippen molar-refractivity contribution in [3.63, 3.8) is 0 Å². The topological polar surface area (TPSA) is 61.8 Å². The maximum Gasteiger partial charge on any atom is 0.410 e. The number of rotatable bonds is 4. The Labute approximate surface area is 122 Å². The summed E-state index contributed by atoms with van der Waals surface area (Å²) >= 11 is 0. The summed E-state index contributed by atoms with van der Waals surface area (Å²) < 4.78 is 5.42. The highest BCUT2D eigenvalue weighted by atomic mass is 16.6. The van der Waals surface area contributed by atoms with Crippen LogP contribution in [-0.4, -0.2) is 53.0 Å². The molecule has 1 atom stereocenters. The van der Waals surface area contributed by atoms with E-state index in [2.05, 4.69) is 5.32 Å². The minimum Gasteiger partial charge on any atom is -0.444 e. The molecule has 5 nitrogen and oxygen atoms in total. The number of aliphatic hydroxyl groups is 1. The Kier molecular flexibility index (Phi) is 5.83. The van der Waals surface area contributed by atoms with E-state index in [-0.39, 0.29) is 12.1 Å². The van der Waals surface area contributed by atoms with Crippen LogP contribution in [0.4, 0.5) is 4.79 Å². The number of ether oxygens (including phenoxy) is 1. The van der Waals surface area contributed by atoms with E-state index in [1.165, 1.54) is 0 Å². The van der Waals surface area contributed by atoms with E-state index in [4.69, 9.17) is 4.74 Å². The Bertz CT molecular complexity index is 318. The lowest BCUT2D eigenvalue weighted by Gasteiger charge is -2.36. The minimum absolute atomic E-state index is 0.0602. The lowest BCUT2D eigenvalue weighted by atomic mass is 9.90. The molecule has 0 saturated carbocycles. The first-order valence-corrected chi connectivity index (χ1v) is 7.56. The predicted molar refractivity (Wildman–Crippen MR) is 79.7 cm³/mol. The van der Waals surface area contributed by atoms with Gasteiger partial charge in [0.2, 0.25) is 0 Å². The Morgan fingerprint density at radius 3 is 2.55 bits per heavy atom. The van der Waals surface area contributed by atoms with Crippen molar-refractivity contribution in [1.82, 2.24) is 10.2 Å². The standard InChI is InChI=1S/C15H30N2O3/c1-12(2)17(13(18)20-14(3,4)5)10-8-15(19)7-6-9-16-11-15/h12,16,19H,6-11H2,1-5H3. The molecule has 0 aromatic heterocycles. The fourth-order valence-corrected chi connectivity index (χ4v) is 2.37. The number of carbonyl (C=O) groups excluding carboxylic acids is 1. The van der Waals surface area contributed by atoms with Gasteiger partial charge in [-0.1, -0.05) is 0 Å². The molecule has 1 fully saturated rings. The van der Waals surface area contributed by atoms with Gasteiger partial charge in [-0.2, -0.15) is 0 Å². The summed E-state index contributed by atoms with van der Waals surface area (Å²) in [5, 5.41) is 13.7. The monoisotopic (exact) mass is 286 g/mol. The molecule has 2 N–H and O–H groups in total. The van der Waals surface area contributed by atoms with Gasteiger partial charge in [-0.05, 0) is 60.4 Å². The average Bonchev–Trinajstić information content (AvgIpc) is 2.26. The van der Waals surface area contributed by atoms with Crippen molar-refractivity contribution in [3.8, 4) is 0 Å². The van der Waals surface area contributed by atoms with E-state index in [1.807, 2.05) is 34.6 Å². The molecule has 0 bridgehead atoms. The van der Waals surface area contributed by atoms with Crippen LogP contribution in [0, 0.1) is 0 Å². The van der Waals surface area contributed by atoms with Crippen molar-refractivity contribution in [2.24, 2.45) is 0 Å². The Morgan fingerprint density at radius 2 is 2.10 bits per heavy atom. The summed E-state index contributed by atoms with van der Waals surface area (Å²) in [5.74, 6) is 0. The second kappa shape index (κ2) is 6.76. The van der Waals surface area contributed by atoms with E-state index in [9.17, 15) is 9.90 Å². The van der Waals surface area contributed by atoms with Gasteiger partial charge in [0.1, 0.15) is 5.60 Å². The normalized spacial score (nSPS) is 23.8. The van der Waals surface area contributed by atoms with E-state index >= 15 is 0 Å². The maximum atomic E-state index is 12.2. The summed E-state index contributed by atoms with van der Waals surface area (Å²) in [7, 11) is 0. The lowest BCUT2D eigenvalue weighted by Crippen LogP contribution is -2.49. The predicted octanol–water partition coefficient (Wildman–Crippen LogP) is 2.14. The molecular formula is C15H30N2O3. The molecule has 0 aromatic carbocycles. The number of β-amino-alcohol motifs (C(OH)–C–C–N with tert-alkyl or cyclic N) is 1. The number of carbonyl (C=O) groups is 1. The van der Waals surface area contributed by atoms with E-state index in [1.54, 1.807) is 4.90 Å². The van der Waals surface area contributed by atoms with Crippen LogP contribution < -0.4 is 5.32 Å². The van der Waals surface area contributed by atoms with Gasteiger partial charge in [0, 0.05) is 19.1 Å². The zero-order valence-electron chi connectivity index (χ0n) is 13.5. The first kappa shape index (κ1) is 17.2. The molecule has 1 rings (SSSR count). The fraction of sp³-hybridized carbons (Fsp3) is 0.933. The van der Waals surface area contributed by atoms with Crippen LogP contribution in [-0.2, 0) is 4.74 Å². The summed E-state index contributed by atoms with van der Waals surface area (Å²) in [4.78, 5) is 13.9.